The quantitative estimate of drug-likeness (QED) is 0.205. The van der Waals surface area contributed by atoms with E-state index in [0.717, 1.165) is 0 Å². The van der Waals surface area contributed by atoms with E-state index in [1.165, 1.54) is 19.0 Å². The van der Waals surface area contributed by atoms with Crippen LogP contribution >= 0.6 is 0 Å². The fourth-order valence-electron chi connectivity index (χ4n) is 6.65. The summed E-state index contributed by atoms with van der Waals surface area (Å²) in [5.74, 6) is -11.3. The predicted octanol–water partition coefficient (Wildman–Crippen LogP) is -0.900. The van der Waals surface area contributed by atoms with Crippen LogP contribution < -0.4 is 21.5 Å². The number of hydrogen-bond donors (Lipinski definition) is 5. The minimum atomic E-state index is -2.78. The van der Waals surface area contributed by atoms with Crippen molar-refractivity contribution in [2.75, 3.05) is 33.1 Å². The van der Waals surface area contributed by atoms with Crippen LogP contribution in [0.4, 0.5) is 5.69 Å². The molecule has 13 heteroatoms. The number of amides is 2. The Balaban J connectivity index is 1.79. The van der Waals surface area contributed by atoms with Gasteiger partial charge >= 0.3 is 0 Å². The van der Waals surface area contributed by atoms with Crippen LogP contribution in [0.5, 0.6) is 5.75 Å². The molecule has 2 amide bonds. The molecule has 2 unspecified atom stereocenters. The molecule has 0 aromatic heterocycles. The van der Waals surface area contributed by atoms with Gasteiger partial charge in [0, 0.05) is 43.2 Å². The topological polar surface area (TPSA) is 199 Å². The highest BCUT2D eigenvalue weighted by Gasteiger charge is 2.69. The summed E-state index contributed by atoms with van der Waals surface area (Å²) in [7, 11) is 6.60. The number of aromatic hydroxyl groups is 1. The summed E-state index contributed by atoms with van der Waals surface area (Å²) >= 11 is 0. The lowest BCUT2D eigenvalue weighted by Gasteiger charge is -2.52. The van der Waals surface area contributed by atoms with Crippen LogP contribution in [-0.2, 0) is 36.9 Å². The maximum atomic E-state index is 14.1. The molecule has 6 N–H and O–H groups in total. The van der Waals surface area contributed by atoms with Gasteiger partial charge < -0.3 is 20.8 Å². The zero-order valence-electron chi connectivity index (χ0n) is 24.9. The maximum absolute atomic E-state index is 14.1. The molecule has 1 aromatic rings. The second-order valence-electron chi connectivity index (χ2n) is 13.0. The van der Waals surface area contributed by atoms with E-state index in [-0.39, 0.29) is 42.2 Å². The van der Waals surface area contributed by atoms with Crippen LogP contribution in [0, 0.1) is 29.1 Å². The highest BCUT2D eigenvalue weighted by molar-refractivity contribution is 6.32. The number of primary amides is 1. The van der Waals surface area contributed by atoms with E-state index in [1.54, 1.807) is 45.8 Å². The number of fused-ring (bicyclic) bond motifs is 3. The van der Waals surface area contributed by atoms with Crippen molar-refractivity contribution in [1.82, 2.24) is 15.8 Å². The number of hydrogen-bond acceptors (Lipinski definition) is 11. The van der Waals surface area contributed by atoms with E-state index in [2.05, 4.69) is 10.9 Å². The lowest BCUT2D eigenvalue weighted by molar-refractivity contribution is -0.181. The third-order valence-electron chi connectivity index (χ3n) is 8.76. The van der Waals surface area contributed by atoms with Gasteiger partial charge in [0.2, 0.25) is 11.8 Å². The Bertz CT molecular complexity index is 1400. The minimum Gasteiger partial charge on any atom is -0.507 e. The first kappa shape index (κ1) is 31.3. The third-order valence-corrected chi connectivity index (χ3v) is 8.76. The summed E-state index contributed by atoms with van der Waals surface area (Å²) in [5.41, 5.74) is 8.51. The molecule has 0 radical (unpaired) electrons. The second-order valence-corrected chi connectivity index (χ2v) is 13.0. The lowest BCUT2D eigenvalue weighted by atomic mass is 9.52. The van der Waals surface area contributed by atoms with Gasteiger partial charge in [-0.3, -0.25) is 39.1 Å². The number of ketones is 4. The highest BCUT2D eigenvalue weighted by Crippen LogP contribution is 2.52. The van der Waals surface area contributed by atoms with E-state index < -0.39 is 69.8 Å². The van der Waals surface area contributed by atoms with Gasteiger partial charge in [0.05, 0.1) is 17.5 Å². The van der Waals surface area contributed by atoms with Crippen molar-refractivity contribution in [2.24, 2.45) is 34.8 Å². The van der Waals surface area contributed by atoms with Crippen molar-refractivity contribution < 1.29 is 39.0 Å². The highest BCUT2D eigenvalue weighted by atomic mass is 16.3. The molecule has 42 heavy (non-hydrogen) atoms. The van der Waals surface area contributed by atoms with Crippen molar-refractivity contribution in [2.45, 2.75) is 51.8 Å². The van der Waals surface area contributed by atoms with Gasteiger partial charge in [-0.1, -0.05) is 20.8 Å². The Kier molecular flexibility index (Phi) is 7.85. The molecule has 13 nitrogen and oxygen atoms in total. The SMILES string of the molecule is CN(C)c1cc(CNNC(=O)C(C)(C)C)c(O)c2c1C[C@H]1C[C@H]3[C@@H](N(C)C)C(=O)C(C(N)=O)C(=O)[C@@]3(O)C(=O)C1C2=O. The number of benzene rings is 1. The Morgan fingerprint density at radius 2 is 1.71 bits per heavy atom. The van der Waals surface area contributed by atoms with Gasteiger partial charge in [-0.15, -0.1) is 0 Å². The van der Waals surface area contributed by atoms with Crippen LogP contribution in [0.1, 0.15) is 48.7 Å². The average molecular weight is 586 g/mol. The lowest BCUT2D eigenvalue weighted by Crippen LogP contribution is -2.74. The number of phenolic OH excluding ortho intramolecular Hbond substituents is 1. The summed E-state index contributed by atoms with van der Waals surface area (Å²) in [6.07, 6.45) is 0.126. The molecule has 1 aromatic carbocycles. The molecule has 0 saturated heterocycles. The molecule has 2 fully saturated rings. The number of phenols is 1. The van der Waals surface area contributed by atoms with Crippen LogP contribution in [0.25, 0.3) is 0 Å². The van der Waals surface area contributed by atoms with Gasteiger partial charge in [0.1, 0.15) is 5.75 Å². The van der Waals surface area contributed by atoms with E-state index in [9.17, 15) is 39.0 Å². The molecule has 6 atom stereocenters. The van der Waals surface area contributed by atoms with Crippen LogP contribution in [0.2, 0.25) is 0 Å². The fraction of sp³-hybridized carbons (Fsp3) is 0.586. The molecule has 228 valence electrons. The van der Waals surface area contributed by atoms with E-state index in [0.29, 0.717) is 11.3 Å². The van der Waals surface area contributed by atoms with Crippen LogP contribution in [-0.4, -0.2) is 89.9 Å². The van der Waals surface area contributed by atoms with Crippen LogP contribution in [0.3, 0.4) is 0 Å². The molecule has 4 rings (SSSR count). The first-order valence-electron chi connectivity index (χ1n) is 13.8. The Hall–Kier alpha value is -3.68. The zero-order valence-corrected chi connectivity index (χ0v) is 24.9. The molecule has 0 aliphatic heterocycles. The van der Waals surface area contributed by atoms with Gasteiger partial charge in [0.15, 0.2) is 34.7 Å². The monoisotopic (exact) mass is 585 g/mol. The van der Waals surface area contributed by atoms with E-state index in [1.807, 2.05) is 0 Å². The van der Waals surface area contributed by atoms with Gasteiger partial charge in [-0.05, 0) is 44.5 Å². The Morgan fingerprint density at radius 3 is 2.24 bits per heavy atom. The fourth-order valence-corrected chi connectivity index (χ4v) is 6.65. The number of anilines is 1. The zero-order chi connectivity index (χ0) is 31.6. The largest absolute Gasteiger partial charge is 0.507 e. The molecule has 3 aliphatic rings. The van der Waals surface area contributed by atoms with Crippen molar-refractivity contribution in [3.63, 3.8) is 0 Å². The van der Waals surface area contributed by atoms with Crippen molar-refractivity contribution >= 4 is 40.6 Å². The third kappa shape index (κ3) is 4.69. The van der Waals surface area contributed by atoms with Crippen molar-refractivity contribution in [3.8, 4) is 5.75 Å². The smallest absolute Gasteiger partial charge is 0.239 e. The normalized spacial score (nSPS) is 29.1. The summed E-state index contributed by atoms with van der Waals surface area (Å²) in [6.45, 7) is 5.16. The summed E-state index contributed by atoms with van der Waals surface area (Å²) in [5, 5.41) is 23.0. The van der Waals surface area contributed by atoms with Gasteiger partial charge in [0.25, 0.3) is 0 Å². The van der Waals surface area contributed by atoms with Gasteiger partial charge in [-0.25, -0.2) is 5.43 Å². The molecule has 0 spiro atoms. The van der Waals surface area contributed by atoms with Crippen molar-refractivity contribution in [3.05, 3.63) is 22.8 Å². The predicted molar refractivity (Wildman–Crippen MR) is 150 cm³/mol. The van der Waals surface area contributed by atoms with Gasteiger partial charge in [-0.2, -0.15) is 0 Å². The van der Waals surface area contributed by atoms with E-state index in [4.69, 9.17) is 5.73 Å². The number of likely N-dealkylation sites (N-methyl/N-ethyl adjacent to an activating group) is 1. The number of carbonyl (C=O) groups excluding carboxylic acids is 6. The molecule has 3 aliphatic carbocycles. The van der Waals surface area contributed by atoms with Crippen molar-refractivity contribution in [1.29, 1.82) is 0 Å². The number of Topliss-reactive ketones (excluding diaryl/α,β-unsaturated/α-hetero) is 4. The molecular weight excluding hydrogens is 546 g/mol. The average Bonchev–Trinajstić information content (AvgIpc) is 2.86. The Morgan fingerprint density at radius 1 is 1.10 bits per heavy atom. The number of nitrogens with one attached hydrogen (secondary N) is 2. The summed E-state index contributed by atoms with van der Waals surface area (Å²) < 4.78 is 0. The summed E-state index contributed by atoms with van der Waals surface area (Å²) in [4.78, 5) is 82.4. The molecule has 0 bridgehead atoms. The Labute approximate surface area is 243 Å². The number of rotatable bonds is 6. The first-order valence-corrected chi connectivity index (χ1v) is 13.8. The second kappa shape index (κ2) is 10.5. The molecule has 0 heterocycles. The van der Waals surface area contributed by atoms with E-state index >= 15 is 0 Å². The molecule has 2 saturated carbocycles. The number of carbonyl (C=O) groups is 6. The molecular formula is C29H39N5O8. The number of nitrogens with two attached hydrogens (primary N) is 1. The minimum absolute atomic E-state index is 0.0281. The maximum Gasteiger partial charge on any atom is 0.239 e. The van der Waals surface area contributed by atoms with Crippen LogP contribution in [0.15, 0.2) is 6.07 Å². The first-order chi connectivity index (χ1) is 19.3. The number of nitrogens with zero attached hydrogens (tertiary/aromatic N) is 2. The number of aliphatic hydroxyl groups is 1. The standard InChI is InChI=1S/C29H39N5O8/c1-28(2,3)27(41)32-31-11-13-10-16(33(4)5)14-8-12-9-15-20(34(6)7)23(37)19(26(30)40)25(39)29(15,42)24(38)17(12)22(36)18(14)21(13)35/h10,12,15,17,19-20,31,35,42H,8-9,11H2,1-7H3,(H2,30,40)(H,32,41)/t12-,15-,17?,19?,20+,29-/m0/s1. The summed E-state index contributed by atoms with van der Waals surface area (Å²) in [6, 6.07) is 0.525. The number of hydrazine groups is 1.